The molecule has 21 atom stereocenters. The van der Waals surface area contributed by atoms with Crippen LogP contribution in [0.3, 0.4) is 0 Å². The number of phenols is 1. The lowest BCUT2D eigenvalue weighted by atomic mass is 9.46. The molecular formula is C46H64O15. The van der Waals surface area contributed by atoms with E-state index in [9.17, 15) is 45.3 Å². The summed E-state index contributed by atoms with van der Waals surface area (Å²) < 4.78 is 36.4. The predicted octanol–water partition coefficient (Wildman–Crippen LogP) is 2.90. The van der Waals surface area contributed by atoms with E-state index >= 15 is 0 Å². The van der Waals surface area contributed by atoms with Crippen molar-refractivity contribution >= 4 is 12.3 Å². The van der Waals surface area contributed by atoms with Gasteiger partial charge in [-0.05, 0) is 119 Å². The summed E-state index contributed by atoms with van der Waals surface area (Å²) in [5, 5.41) is 75.2. The van der Waals surface area contributed by atoms with Gasteiger partial charge in [0.2, 0.25) is 0 Å². The van der Waals surface area contributed by atoms with E-state index in [4.69, 9.17) is 28.4 Å². The standard InChI is InChI=1S/C46H64O15/c1-21(2)16-29-22(3)34-32(58-42(29)55)18-31-28-11-8-25-17-27(12-14-45(25,5)30(28)13-15-46(31,34)20-48)57-44-40(36(51)35(50)33(19-47)59-44)61-43-38(53)37(52)39(23(4)56-43)60-41(54)24-6-9-26(49)10-7-24/h6-10,16,20,22-23,27-40,42-44,47,49-53,55H,11-15,17-19H2,1-5H3/t22-,23+,27+,28-,29?,30+,31+,32+,33-,34+,35-,36+,37+,38-,39+,40-,42-,43+,44-,45+,46-/m1/s1. The molecule has 15 nitrogen and oxygen atoms in total. The van der Waals surface area contributed by atoms with E-state index in [1.165, 1.54) is 43.0 Å². The molecule has 3 saturated heterocycles. The van der Waals surface area contributed by atoms with Crippen molar-refractivity contribution in [2.75, 3.05) is 6.61 Å². The number of carbonyl (C=O) groups is 2. The molecule has 7 aliphatic rings. The summed E-state index contributed by atoms with van der Waals surface area (Å²) in [7, 11) is 0. The molecule has 338 valence electrons. The first-order valence-electron chi connectivity index (χ1n) is 22.1. The van der Waals surface area contributed by atoms with Crippen molar-refractivity contribution in [1.29, 1.82) is 0 Å². The van der Waals surface area contributed by atoms with Gasteiger partial charge in [0.25, 0.3) is 0 Å². The molecule has 6 fully saturated rings. The monoisotopic (exact) mass is 856 g/mol. The Bertz CT molecular complexity index is 1820. The van der Waals surface area contributed by atoms with Crippen molar-refractivity contribution in [3.05, 3.63) is 53.1 Å². The number of aromatic hydroxyl groups is 1. The summed E-state index contributed by atoms with van der Waals surface area (Å²) in [6.07, 6.45) is -5.06. The molecule has 3 heterocycles. The fraction of sp³-hybridized carbons (Fsp3) is 0.739. The molecule has 61 heavy (non-hydrogen) atoms. The Kier molecular flexibility index (Phi) is 12.7. The van der Waals surface area contributed by atoms with Crippen molar-refractivity contribution in [3.63, 3.8) is 0 Å². The van der Waals surface area contributed by atoms with Crippen LogP contribution in [-0.2, 0) is 33.2 Å². The van der Waals surface area contributed by atoms with Crippen LogP contribution in [0.5, 0.6) is 5.75 Å². The van der Waals surface area contributed by atoms with Crippen LogP contribution in [0.2, 0.25) is 0 Å². The second-order valence-electron chi connectivity index (χ2n) is 19.5. The van der Waals surface area contributed by atoms with Crippen molar-refractivity contribution < 1.29 is 73.8 Å². The fourth-order valence-electron chi connectivity index (χ4n) is 12.8. The van der Waals surface area contributed by atoms with Gasteiger partial charge in [0.05, 0.1) is 30.5 Å². The quantitative estimate of drug-likeness (QED) is 0.108. The van der Waals surface area contributed by atoms with E-state index in [-0.39, 0.29) is 52.4 Å². The van der Waals surface area contributed by atoms with Gasteiger partial charge in [0.15, 0.2) is 25.0 Å². The number of benzene rings is 1. The van der Waals surface area contributed by atoms with Crippen molar-refractivity contribution in [2.45, 2.75) is 159 Å². The summed E-state index contributed by atoms with van der Waals surface area (Å²) in [6.45, 7) is 9.45. The lowest BCUT2D eigenvalue weighted by molar-refractivity contribution is -0.369. The van der Waals surface area contributed by atoms with Gasteiger partial charge in [-0.15, -0.1) is 0 Å². The number of ether oxygens (including phenoxy) is 6. The number of aldehydes is 1. The van der Waals surface area contributed by atoms with Crippen LogP contribution in [0.4, 0.5) is 0 Å². The third kappa shape index (κ3) is 7.83. The number of carbonyl (C=O) groups excluding carboxylic acids is 2. The zero-order valence-corrected chi connectivity index (χ0v) is 35.6. The van der Waals surface area contributed by atoms with Crippen molar-refractivity contribution in [1.82, 2.24) is 0 Å². The van der Waals surface area contributed by atoms with Crippen LogP contribution in [0.15, 0.2) is 47.6 Å². The number of aliphatic hydroxyl groups is 6. The van der Waals surface area contributed by atoms with E-state index in [2.05, 4.69) is 26.0 Å². The van der Waals surface area contributed by atoms with Gasteiger partial charge in [-0.3, -0.25) is 0 Å². The van der Waals surface area contributed by atoms with Gasteiger partial charge in [-0.1, -0.05) is 37.1 Å². The molecule has 1 aromatic carbocycles. The molecule has 0 aromatic heterocycles. The molecule has 0 bridgehead atoms. The SMILES string of the molecule is CC(C)=CC1[C@H](O)O[C@H]2C[C@H]3[C@@H]4CC=C5C[C@@H](O[C@@H]6O[C@H](CO)[C@@H](O)[C@H](O)[C@H]6O[C@@H]6O[C@@H](C)[C@H](OC(=O)c7ccc(O)cc7)[C@@H](O)[C@H]6O)CC[C@]5(C)[C@H]4CC[C@]3(C=O)[C@H]2[C@@H]1C. The summed E-state index contributed by atoms with van der Waals surface area (Å²) in [5.74, 6) is -0.149. The number of rotatable bonds is 9. The Balaban J connectivity index is 0.957. The molecule has 0 radical (unpaired) electrons. The number of phenolic OH excluding ortho intramolecular Hbond substituents is 1. The minimum absolute atomic E-state index is 0.0340. The van der Waals surface area contributed by atoms with Crippen LogP contribution < -0.4 is 0 Å². The fourth-order valence-corrected chi connectivity index (χ4v) is 12.8. The van der Waals surface area contributed by atoms with Crippen LogP contribution in [0, 0.1) is 46.3 Å². The first kappa shape index (κ1) is 44.8. The molecule has 0 spiro atoms. The van der Waals surface area contributed by atoms with Gasteiger partial charge in [0.1, 0.15) is 48.7 Å². The highest BCUT2D eigenvalue weighted by atomic mass is 16.8. The highest BCUT2D eigenvalue weighted by Crippen LogP contribution is 2.68. The van der Waals surface area contributed by atoms with Gasteiger partial charge >= 0.3 is 5.97 Å². The average Bonchev–Trinajstić information content (AvgIpc) is 3.57. The third-order valence-corrected chi connectivity index (χ3v) is 15.9. The Morgan fingerprint density at radius 3 is 2.30 bits per heavy atom. The summed E-state index contributed by atoms with van der Waals surface area (Å²) in [6, 6.07) is 5.33. The number of esters is 1. The second-order valence-corrected chi connectivity index (χ2v) is 19.5. The number of allylic oxidation sites excluding steroid dienone is 2. The highest BCUT2D eigenvalue weighted by molar-refractivity contribution is 5.89. The topological polar surface area (TPSA) is 231 Å². The first-order valence-corrected chi connectivity index (χ1v) is 22.1. The molecule has 8 rings (SSSR count). The zero-order chi connectivity index (χ0) is 43.7. The predicted molar refractivity (Wildman–Crippen MR) is 215 cm³/mol. The van der Waals surface area contributed by atoms with Crippen LogP contribution in [0.25, 0.3) is 0 Å². The van der Waals surface area contributed by atoms with Crippen LogP contribution in [-0.4, -0.2) is 135 Å². The van der Waals surface area contributed by atoms with Crippen molar-refractivity contribution in [3.8, 4) is 5.75 Å². The molecular weight excluding hydrogens is 792 g/mol. The summed E-state index contributed by atoms with van der Waals surface area (Å²) >= 11 is 0. The normalized spacial score (nSPS) is 48.0. The largest absolute Gasteiger partial charge is 0.508 e. The van der Waals surface area contributed by atoms with Gasteiger partial charge in [-0.25, -0.2) is 4.79 Å². The molecule has 1 aromatic rings. The smallest absolute Gasteiger partial charge is 0.338 e. The minimum atomic E-state index is -1.76. The van der Waals surface area contributed by atoms with E-state index in [1.54, 1.807) is 0 Å². The van der Waals surface area contributed by atoms with E-state index in [1.807, 2.05) is 13.8 Å². The van der Waals surface area contributed by atoms with Gasteiger partial charge < -0.3 is 69.0 Å². The first-order chi connectivity index (χ1) is 29.0. The van der Waals surface area contributed by atoms with Crippen LogP contribution >= 0.6 is 0 Å². The van der Waals surface area contributed by atoms with Crippen molar-refractivity contribution in [2.24, 2.45) is 46.3 Å². The molecule has 15 heteroatoms. The van der Waals surface area contributed by atoms with Gasteiger partial charge in [-0.2, -0.15) is 0 Å². The number of hydrogen-bond acceptors (Lipinski definition) is 15. The molecule has 7 N–H and O–H groups in total. The second kappa shape index (κ2) is 17.3. The average molecular weight is 857 g/mol. The third-order valence-electron chi connectivity index (χ3n) is 15.9. The molecule has 4 aliphatic carbocycles. The number of fused-ring (bicyclic) bond motifs is 7. The maximum Gasteiger partial charge on any atom is 0.338 e. The Morgan fingerprint density at radius 2 is 1.61 bits per heavy atom. The Labute approximate surface area is 356 Å². The summed E-state index contributed by atoms with van der Waals surface area (Å²) in [5.41, 5.74) is 1.82. The molecule has 0 amide bonds. The van der Waals surface area contributed by atoms with Gasteiger partial charge in [0, 0.05) is 17.3 Å². The van der Waals surface area contributed by atoms with E-state index < -0.39 is 91.8 Å². The van der Waals surface area contributed by atoms with Crippen LogP contribution in [0.1, 0.15) is 89.9 Å². The zero-order valence-electron chi connectivity index (χ0n) is 35.6. The molecule has 3 saturated carbocycles. The Hall–Kier alpha value is -2.80. The van der Waals surface area contributed by atoms with E-state index in [0.29, 0.717) is 18.8 Å². The minimum Gasteiger partial charge on any atom is -0.508 e. The highest BCUT2D eigenvalue weighted by Gasteiger charge is 2.66. The molecule has 1 unspecified atom stereocenters. The summed E-state index contributed by atoms with van der Waals surface area (Å²) in [4.78, 5) is 26.2. The number of hydrogen-bond donors (Lipinski definition) is 7. The molecule has 3 aliphatic heterocycles. The maximum absolute atomic E-state index is 13.3. The number of aliphatic hydroxyl groups excluding tert-OH is 6. The maximum atomic E-state index is 13.3. The lowest BCUT2D eigenvalue weighted by Gasteiger charge is -2.58. The lowest BCUT2D eigenvalue weighted by Crippen LogP contribution is -2.64. The van der Waals surface area contributed by atoms with E-state index in [0.717, 1.165) is 37.7 Å². The Morgan fingerprint density at radius 1 is 0.885 bits per heavy atom.